The molecule has 2 aliphatic rings. The van der Waals surface area contributed by atoms with Gasteiger partial charge >= 0.3 is 5.97 Å². The van der Waals surface area contributed by atoms with Crippen LogP contribution in [-0.4, -0.2) is 47.1 Å². The highest BCUT2D eigenvalue weighted by Gasteiger charge is 2.54. The Balaban J connectivity index is 1.50. The van der Waals surface area contributed by atoms with Gasteiger partial charge in [-0.05, 0) is 30.9 Å². The normalized spacial score (nSPS) is 26.9. The molecular weight excluding hydrogens is 300 g/mol. The average Bonchev–Trinajstić information content (AvgIpc) is 3.05. The standard InChI is InChI=1S/C16H20N2O5/c19-15(20)16-7-1-2-12(16)10-17(11-16)8-9-23-14-5-3-13(4-6-14)18(21)22/h3-6,12H,1-2,7-11H2,(H,19,20)/t12-,16+/m0/s1. The topological polar surface area (TPSA) is 92.9 Å². The Hall–Kier alpha value is -2.15. The number of carbonyl (C=O) groups is 1. The number of benzene rings is 1. The van der Waals surface area contributed by atoms with Gasteiger partial charge < -0.3 is 9.84 Å². The van der Waals surface area contributed by atoms with E-state index in [-0.39, 0.29) is 11.6 Å². The van der Waals surface area contributed by atoms with Crippen LogP contribution in [0.2, 0.25) is 0 Å². The molecule has 3 rings (SSSR count). The molecule has 2 fully saturated rings. The first-order valence-electron chi connectivity index (χ1n) is 7.84. The summed E-state index contributed by atoms with van der Waals surface area (Å²) in [7, 11) is 0. The van der Waals surface area contributed by atoms with Crippen molar-refractivity contribution < 1.29 is 19.6 Å². The van der Waals surface area contributed by atoms with E-state index in [9.17, 15) is 20.0 Å². The molecular formula is C16H20N2O5. The highest BCUT2D eigenvalue weighted by Crippen LogP contribution is 2.48. The van der Waals surface area contributed by atoms with E-state index in [4.69, 9.17) is 4.74 Å². The number of non-ortho nitro benzene ring substituents is 1. The van der Waals surface area contributed by atoms with Crippen LogP contribution >= 0.6 is 0 Å². The van der Waals surface area contributed by atoms with E-state index in [1.807, 2.05) is 0 Å². The monoisotopic (exact) mass is 320 g/mol. The van der Waals surface area contributed by atoms with Crippen LogP contribution in [0.15, 0.2) is 24.3 Å². The number of carboxylic acid groups (broad SMARTS) is 1. The van der Waals surface area contributed by atoms with E-state index >= 15 is 0 Å². The van der Waals surface area contributed by atoms with E-state index in [1.54, 1.807) is 12.1 Å². The molecule has 1 saturated heterocycles. The molecule has 1 heterocycles. The maximum Gasteiger partial charge on any atom is 0.311 e. The molecule has 7 nitrogen and oxygen atoms in total. The molecule has 0 unspecified atom stereocenters. The fraction of sp³-hybridized carbons (Fsp3) is 0.562. The molecule has 0 bridgehead atoms. The zero-order chi connectivity index (χ0) is 16.4. The van der Waals surface area contributed by atoms with Crippen LogP contribution in [-0.2, 0) is 4.79 Å². The van der Waals surface area contributed by atoms with Crippen molar-refractivity contribution in [3.8, 4) is 5.75 Å². The van der Waals surface area contributed by atoms with E-state index in [1.165, 1.54) is 12.1 Å². The Morgan fingerprint density at radius 1 is 1.43 bits per heavy atom. The molecule has 124 valence electrons. The summed E-state index contributed by atoms with van der Waals surface area (Å²) < 4.78 is 5.61. The smallest absolute Gasteiger partial charge is 0.311 e. The number of fused-ring (bicyclic) bond motifs is 1. The van der Waals surface area contributed by atoms with Crippen molar-refractivity contribution in [2.24, 2.45) is 11.3 Å². The fourth-order valence-electron chi connectivity index (χ4n) is 3.87. The predicted molar refractivity (Wildman–Crippen MR) is 82.4 cm³/mol. The van der Waals surface area contributed by atoms with Gasteiger partial charge in [-0.15, -0.1) is 0 Å². The second-order valence-electron chi connectivity index (χ2n) is 6.39. The summed E-state index contributed by atoms with van der Waals surface area (Å²) in [4.78, 5) is 23.9. The number of nitrogens with zero attached hydrogens (tertiary/aromatic N) is 2. The molecule has 2 atom stereocenters. The summed E-state index contributed by atoms with van der Waals surface area (Å²) in [5.41, 5.74) is -0.527. The van der Waals surface area contributed by atoms with Crippen molar-refractivity contribution in [1.29, 1.82) is 0 Å². The summed E-state index contributed by atoms with van der Waals surface area (Å²) in [6.07, 6.45) is 2.77. The Kier molecular flexibility index (Phi) is 4.21. The molecule has 7 heteroatoms. The van der Waals surface area contributed by atoms with E-state index in [2.05, 4.69) is 4.90 Å². The zero-order valence-corrected chi connectivity index (χ0v) is 12.8. The summed E-state index contributed by atoms with van der Waals surface area (Å²) in [5, 5.41) is 20.1. The van der Waals surface area contributed by atoms with Crippen LogP contribution < -0.4 is 4.74 Å². The minimum atomic E-state index is -0.668. The van der Waals surface area contributed by atoms with Gasteiger partial charge in [0.15, 0.2) is 0 Å². The maximum absolute atomic E-state index is 11.6. The first-order chi connectivity index (χ1) is 11.0. The molecule has 23 heavy (non-hydrogen) atoms. The third-order valence-corrected chi connectivity index (χ3v) is 5.09. The van der Waals surface area contributed by atoms with Crippen molar-refractivity contribution >= 4 is 11.7 Å². The molecule has 1 saturated carbocycles. The van der Waals surface area contributed by atoms with Gasteiger partial charge in [0.1, 0.15) is 12.4 Å². The summed E-state index contributed by atoms with van der Waals surface area (Å²) >= 11 is 0. The Bertz CT molecular complexity index is 603. The van der Waals surface area contributed by atoms with Crippen molar-refractivity contribution in [2.75, 3.05) is 26.2 Å². The van der Waals surface area contributed by atoms with Crippen molar-refractivity contribution in [1.82, 2.24) is 4.90 Å². The minimum absolute atomic E-state index is 0.0353. The number of rotatable bonds is 6. The zero-order valence-electron chi connectivity index (χ0n) is 12.8. The number of ether oxygens (including phenoxy) is 1. The lowest BCUT2D eigenvalue weighted by atomic mass is 9.81. The SMILES string of the molecule is O=C(O)[C@@]12CCC[C@H]1CN(CCOc1ccc([N+](=O)[O-])cc1)C2. The predicted octanol–water partition coefficient (Wildman–Crippen LogP) is 2.16. The quantitative estimate of drug-likeness (QED) is 0.638. The number of carboxylic acids is 1. The van der Waals surface area contributed by atoms with Crippen molar-refractivity contribution in [3.05, 3.63) is 34.4 Å². The average molecular weight is 320 g/mol. The molecule has 1 aromatic rings. The van der Waals surface area contributed by atoms with Gasteiger partial charge in [-0.3, -0.25) is 19.8 Å². The number of nitro benzene ring substituents is 1. The van der Waals surface area contributed by atoms with Crippen molar-refractivity contribution in [3.63, 3.8) is 0 Å². The van der Waals surface area contributed by atoms with Crippen LogP contribution in [0.4, 0.5) is 5.69 Å². The lowest BCUT2D eigenvalue weighted by Gasteiger charge is -2.23. The Labute approximate surface area is 134 Å². The van der Waals surface area contributed by atoms with Gasteiger partial charge in [0, 0.05) is 31.8 Å². The Morgan fingerprint density at radius 3 is 2.78 bits per heavy atom. The molecule has 1 N–H and O–H groups in total. The largest absolute Gasteiger partial charge is 0.492 e. The number of aliphatic carboxylic acids is 1. The lowest BCUT2D eigenvalue weighted by Crippen LogP contribution is -2.36. The molecule has 1 aromatic carbocycles. The van der Waals surface area contributed by atoms with Crippen LogP contribution in [0, 0.1) is 21.4 Å². The van der Waals surface area contributed by atoms with E-state index in [0.29, 0.717) is 25.4 Å². The second kappa shape index (κ2) is 6.16. The number of likely N-dealkylation sites (tertiary alicyclic amines) is 1. The Morgan fingerprint density at radius 2 is 2.17 bits per heavy atom. The molecule has 1 aliphatic carbocycles. The van der Waals surface area contributed by atoms with Gasteiger partial charge in [-0.2, -0.15) is 0 Å². The fourth-order valence-corrected chi connectivity index (χ4v) is 3.87. The van der Waals surface area contributed by atoms with Gasteiger partial charge in [0.05, 0.1) is 10.3 Å². The van der Waals surface area contributed by atoms with E-state index in [0.717, 1.165) is 25.8 Å². The number of hydrogen-bond donors (Lipinski definition) is 1. The molecule has 0 spiro atoms. The first-order valence-corrected chi connectivity index (χ1v) is 7.84. The number of nitro groups is 1. The number of hydrogen-bond acceptors (Lipinski definition) is 5. The highest BCUT2D eigenvalue weighted by atomic mass is 16.6. The van der Waals surface area contributed by atoms with Crippen LogP contribution in [0.5, 0.6) is 5.75 Å². The first kappa shape index (κ1) is 15.7. The summed E-state index contributed by atoms with van der Waals surface area (Å²) in [6.45, 7) is 2.52. The van der Waals surface area contributed by atoms with Gasteiger partial charge in [-0.25, -0.2) is 0 Å². The third-order valence-electron chi connectivity index (χ3n) is 5.09. The van der Waals surface area contributed by atoms with Gasteiger partial charge in [0.25, 0.3) is 5.69 Å². The van der Waals surface area contributed by atoms with Crippen LogP contribution in [0.3, 0.4) is 0 Å². The van der Waals surface area contributed by atoms with E-state index < -0.39 is 16.3 Å². The van der Waals surface area contributed by atoms with Crippen LogP contribution in [0.1, 0.15) is 19.3 Å². The molecule has 0 radical (unpaired) electrons. The summed E-state index contributed by atoms with van der Waals surface area (Å²) in [5.74, 6) is 0.168. The molecule has 0 aromatic heterocycles. The summed E-state index contributed by atoms with van der Waals surface area (Å²) in [6, 6.07) is 5.98. The van der Waals surface area contributed by atoms with Gasteiger partial charge in [0.2, 0.25) is 0 Å². The maximum atomic E-state index is 11.6. The van der Waals surface area contributed by atoms with Crippen molar-refractivity contribution in [2.45, 2.75) is 19.3 Å². The third kappa shape index (κ3) is 3.01. The molecule has 1 aliphatic heterocycles. The molecule has 0 amide bonds. The minimum Gasteiger partial charge on any atom is -0.492 e. The lowest BCUT2D eigenvalue weighted by molar-refractivity contribution is -0.384. The highest BCUT2D eigenvalue weighted by molar-refractivity contribution is 5.76. The van der Waals surface area contributed by atoms with Crippen LogP contribution in [0.25, 0.3) is 0 Å². The van der Waals surface area contributed by atoms with Gasteiger partial charge in [-0.1, -0.05) is 6.42 Å². The second-order valence-corrected chi connectivity index (χ2v) is 6.39.